The molecule has 3 aliphatic heterocycles. The summed E-state index contributed by atoms with van der Waals surface area (Å²) in [5.74, 6) is -1.14. The summed E-state index contributed by atoms with van der Waals surface area (Å²) in [6.07, 6.45) is 2.06. The van der Waals surface area contributed by atoms with Gasteiger partial charge in [-0.05, 0) is 50.9 Å². The lowest BCUT2D eigenvalue weighted by Gasteiger charge is -2.42. The molecule has 5 heterocycles. The third kappa shape index (κ3) is 5.54. The Morgan fingerprint density at radius 3 is 2.75 bits per heavy atom. The second-order valence-electron chi connectivity index (χ2n) is 12.0. The molecule has 0 radical (unpaired) electrons. The number of ether oxygens (including phenoxy) is 1. The van der Waals surface area contributed by atoms with Gasteiger partial charge in [-0.25, -0.2) is 8.78 Å². The van der Waals surface area contributed by atoms with Crippen molar-refractivity contribution in [2.45, 2.75) is 57.9 Å². The second kappa shape index (κ2) is 12.0. The Morgan fingerprint density at radius 2 is 2.02 bits per heavy atom. The van der Waals surface area contributed by atoms with Crippen molar-refractivity contribution in [2.24, 2.45) is 0 Å². The lowest BCUT2D eigenvalue weighted by molar-refractivity contribution is -0.131. The fourth-order valence-electron chi connectivity index (χ4n) is 6.75. The van der Waals surface area contributed by atoms with E-state index >= 15 is 0 Å². The van der Waals surface area contributed by atoms with Crippen LogP contribution in [0.4, 0.5) is 20.3 Å². The van der Waals surface area contributed by atoms with Gasteiger partial charge in [-0.2, -0.15) is 20.3 Å². The molecule has 2 saturated heterocycles. The standard InChI is InChI=1S/C31H37F2N9O2/c1-18-11-26-25(13-35-38-26)28(19(18)2)40-8-6-24-27(16-40)36-31(44-17-23-12-21(33)14-39(23)4)37-29(24)41-9-10-42(30(43)20(3)32)22(15-41)5-7-34/h11,13,21-23H,3,5-6,8-10,12,14-17H2,1-2,4H3,(H,35,38)/t21-,22+,23+/m1/s1. The van der Waals surface area contributed by atoms with Gasteiger partial charge in [-0.15, -0.1) is 0 Å². The molecule has 0 bridgehead atoms. The van der Waals surface area contributed by atoms with Gasteiger partial charge in [0.1, 0.15) is 18.6 Å². The zero-order valence-electron chi connectivity index (χ0n) is 25.3. The van der Waals surface area contributed by atoms with E-state index in [-0.39, 0.29) is 31.6 Å². The van der Waals surface area contributed by atoms with E-state index in [2.05, 4.69) is 47.7 Å². The number of H-pyrrole nitrogens is 1. The second-order valence-corrected chi connectivity index (χ2v) is 12.0. The number of aromatic nitrogens is 4. The van der Waals surface area contributed by atoms with Crippen molar-refractivity contribution in [3.05, 3.63) is 47.1 Å². The molecule has 44 heavy (non-hydrogen) atoms. The molecule has 3 aromatic rings. The maximum atomic E-state index is 14.0. The van der Waals surface area contributed by atoms with E-state index in [9.17, 15) is 18.8 Å². The van der Waals surface area contributed by atoms with E-state index in [1.807, 2.05) is 23.0 Å². The van der Waals surface area contributed by atoms with Crippen LogP contribution in [0, 0.1) is 25.2 Å². The van der Waals surface area contributed by atoms with Gasteiger partial charge in [-0.1, -0.05) is 6.58 Å². The summed E-state index contributed by atoms with van der Waals surface area (Å²) < 4.78 is 34.0. The van der Waals surface area contributed by atoms with Crippen LogP contribution >= 0.6 is 0 Å². The number of aromatic amines is 1. The van der Waals surface area contributed by atoms with Crippen molar-refractivity contribution >= 4 is 28.3 Å². The molecular weight excluding hydrogens is 568 g/mol. The minimum atomic E-state index is -1.04. The number of halogens is 2. The lowest BCUT2D eigenvalue weighted by Crippen LogP contribution is -2.55. The number of aryl methyl sites for hydroxylation is 1. The average Bonchev–Trinajstić information content (AvgIpc) is 3.59. The number of nitrogens with zero attached hydrogens (tertiary/aromatic N) is 8. The number of nitrogens with one attached hydrogen (secondary N) is 1. The van der Waals surface area contributed by atoms with Crippen molar-refractivity contribution in [1.29, 1.82) is 5.26 Å². The Morgan fingerprint density at radius 1 is 1.20 bits per heavy atom. The van der Waals surface area contributed by atoms with Crippen LogP contribution in [-0.2, 0) is 17.8 Å². The van der Waals surface area contributed by atoms with Crippen molar-refractivity contribution in [1.82, 2.24) is 30.0 Å². The molecule has 1 amide bonds. The number of amides is 1. The van der Waals surface area contributed by atoms with Crippen LogP contribution in [0.2, 0.25) is 0 Å². The van der Waals surface area contributed by atoms with Gasteiger partial charge < -0.3 is 19.4 Å². The van der Waals surface area contributed by atoms with Crippen LogP contribution in [0.3, 0.4) is 0 Å². The largest absolute Gasteiger partial charge is 0.462 e. The smallest absolute Gasteiger partial charge is 0.318 e. The van der Waals surface area contributed by atoms with Crippen molar-refractivity contribution in [3.8, 4) is 12.1 Å². The number of carbonyl (C=O) groups is 1. The van der Waals surface area contributed by atoms with Crippen molar-refractivity contribution in [2.75, 3.05) is 56.2 Å². The number of hydrogen-bond donors (Lipinski definition) is 1. The van der Waals surface area contributed by atoms with Crippen molar-refractivity contribution in [3.63, 3.8) is 0 Å². The Labute approximate surface area is 255 Å². The molecule has 2 fully saturated rings. The first-order chi connectivity index (χ1) is 21.1. The van der Waals surface area contributed by atoms with Crippen LogP contribution < -0.4 is 14.5 Å². The van der Waals surface area contributed by atoms with Gasteiger partial charge in [0.05, 0.1) is 48.2 Å². The number of piperazine rings is 1. The number of rotatable bonds is 7. The van der Waals surface area contributed by atoms with Crippen LogP contribution in [0.25, 0.3) is 10.9 Å². The molecule has 1 aromatic carbocycles. The van der Waals surface area contributed by atoms with E-state index < -0.39 is 23.9 Å². The number of likely N-dealkylation sites (N-methyl/N-ethyl adjacent to an activating group) is 1. The Balaban J connectivity index is 1.34. The molecule has 13 heteroatoms. The molecule has 0 saturated carbocycles. The topological polar surface area (TPSA) is 118 Å². The number of carbonyl (C=O) groups excluding carboxylic acids is 1. The van der Waals surface area contributed by atoms with E-state index in [0.29, 0.717) is 44.8 Å². The zero-order valence-corrected chi connectivity index (χ0v) is 25.3. The fourth-order valence-corrected chi connectivity index (χ4v) is 6.75. The lowest BCUT2D eigenvalue weighted by atomic mass is 9.99. The van der Waals surface area contributed by atoms with Crippen LogP contribution in [-0.4, -0.2) is 101 Å². The predicted molar refractivity (Wildman–Crippen MR) is 162 cm³/mol. The van der Waals surface area contributed by atoms with E-state index in [4.69, 9.17) is 14.7 Å². The monoisotopic (exact) mass is 605 g/mol. The first-order valence-electron chi connectivity index (χ1n) is 15.0. The van der Waals surface area contributed by atoms with Gasteiger partial charge in [0.2, 0.25) is 0 Å². The molecule has 3 atom stereocenters. The third-order valence-electron chi connectivity index (χ3n) is 9.21. The highest BCUT2D eigenvalue weighted by Gasteiger charge is 2.36. The maximum absolute atomic E-state index is 14.0. The van der Waals surface area contributed by atoms with Gasteiger partial charge in [-0.3, -0.25) is 14.8 Å². The molecular formula is C31H37F2N9O2. The molecule has 0 spiro atoms. The fraction of sp³-hybridized carbons (Fsp3) is 0.516. The van der Waals surface area contributed by atoms with E-state index in [1.165, 1.54) is 10.5 Å². The number of alkyl halides is 1. The maximum Gasteiger partial charge on any atom is 0.318 e. The molecule has 3 aliphatic rings. The summed E-state index contributed by atoms with van der Waals surface area (Å²) in [7, 11) is 1.88. The Kier molecular flexibility index (Phi) is 8.11. The number of benzene rings is 1. The van der Waals surface area contributed by atoms with Crippen LogP contribution in [0.5, 0.6) is 6.01 Å². The number of likely N-dealkylation sites (tertiary alicyclic amines) is 1. The van der Waals surface area contributed by atoms with Gasteiger partial charge in [0.25, 0.3) is 5.91 Å². The summed E-state index contributed by atoms with van der Waals surface area (Å²) in [6, 6.07) is 3.83. The summed E-state index contributed by atoms with van der Waals surface area (Å²) >= 11 is 0. The van der Waals surface area contributed by atoms with Crippen LogP contribution in [0.1, 0.15) is 35.2 Å². The highest BCUT2D eigenvalue weighted by Crippen LogP contribution is 2.37. The normalized spacial score (nSPS) is 22.3. The third-order valence-corrected chi connectivity index (χ3v) is 9.21. The number of anilines is 2. The quantitative estimate of drug-likeness (QED) is 0.405. The highest BCUT2D eigenvalue weighted by molar-refractivity contribution is 5.94. The summed E-state index contributed by atoms with van der Waals surface area (Å²) in [6.45, 7) is 10.2. The summed E-state index contributed by atoms with van der Waals surface area (Å²) in [5.41, 5.74) is 6.22. The Hall–Kier alpha value is -4.31. The average molecular weight is 606 g/mol. The summed E-state index contributed by atoms with van der Waals surface area (Å²) in [5, 5.41) is 17.9. The van der Waals surface area contributed by atoms with Gasteiger partial charge >= 0.3 is 6.01 Å². The SMILES string of the molecule is C=C(F)C(=O)N1CCN(c2nc(OC[C@@H]3C[C@@H](F)CN3C)nc3c2CCN(c2c(C)c(C)cc4[nH]ncc24)C3)C[C@@H]1CC#N. The molecule has 232 valence electrons. The first-order valence-corrected chi connectivity index (χ1v) is 15.0. The first kappa shape index (κ1) is 29.7. The van der Waals surface area contributed by atoms with Crippen molar-refractivity contribution < 1.29 is 18.3 Å². The highest BCUT2D eigenvalue weighted by atomic mass is 19.1. The van der Waals surface area contributed by atoms with E-state index in [0.717, 1.165) is 40.0 Å². The molecule has 6 rings (SSSR count). The number of fused-ring (bicyclic) bond motifs is 2. The number of nitriles is 1. The van der Waals surface area contributed by atoms with Gasteiger partial charge in [0.15, 0.2) is 5.83 Å². The summed E-state index contributed by atoms with van der Waals surface area (Å²) in [4.78, 5) is 29.9. The minimum absolute atomic E-state index is 0.0473. The van der Waals surface area contributed by atoms with Crippen LogP contribution in [0.15, 0.2) is 24.7 Å². The molecule has 2 aromatic heterocycles. The van der Waals surface area contributed by atoms with E-state index in [1.54, 1.807) is 0 Å². The minimum Gasteiger partial charge on any atom is -0.462 e. The molecule has 11 nitrogen and oxygen atoms in total. The molecule has 0 aliphatic carbocycles. The zero-order chi connectivity index (χ0) is 31.1. The molecule has 1 N–H and O–H groups in total. The number of hydrogen-bond acceptors (Lipinski definition) is 9. The molecule has 0 unspecified atom stereocenters. The van der Waals surface area contributed by atoms with Gasteiger partial charge in [0, 0.05) is 49.7 Å². The Bertz CT molecular complexity index is 1640. The predicted octanol–water partition coefficient (Wildman–Crippen LogP) is 3.37.